The molecule has 1 amide bonds. The summed E-state index contributed by atoms with van der Waals surface area (Å²) in [5.74, 6) is 0.776. The van der Waals surface area contributed by atoms with E-state index in [1.54, 1.807) is 7.11 Å². The van der Waals surface area contributed by atoms with Gasteiger partial charge in [-0.25, -0.2) is 10.9 Å². The summed E-state index contributed by atoms with van der Waals surface area (Å²) in [5, 5.41) is 0.677. The molecule has 2 heterocycles. The highest BCUT2D eigenvalue weighted by atomic mass is 35.5. The zero-order valence-electron chi connectivity index (χ0n) is 18.2. The second kappa shape index (κ2) is 9.51. The molecule has 3 aromatic carbocycles. The van der Waals surface area contributed by atoms with Crippen molar-refractivity contribution in [3.8, 4) is 16.9 Å². The highest BCUT2D eigenvalue weighted by Crippen LogP contribution is 2.41. The lowest BCUT2D eigenvalue weighted by atomic mass is 10.0. The van der Waals surface area contributed by atoms with Gasteiger partial charge >= 0.3 is 0 Å². The molecule has 2 fully saturated rings. The van der Waals surface area contributed by atoms with E-state index >= 15 is 0 Å². The standard InChI is InChI=1S/C25H26ClN5O2/c1-33-23-9-5-3-6-18(23)16-10-12-17(13-11-16)25(32)31-21(19-7-2-4-8-20(19)26)14-15-22(31)24-27-29-30-28-24/h2-13,21-22,24,27-30H,14-15H2,1H3/t21-,22+/m1/s1. The van der Waals surface area contributed by atoms with Crippen molar-refractivity contribution < 1.29 is 9.53 Å². The monoisotopic (exact) mass is 463 g/mol. The average molecular weight is 464 g/mol. The lowest BCUT2D eigenvalue weighted by molar-refractivity contribution is 0.0622. The third kappa shape index (κ3) is 4.21. The Morgan fingerprint density at radius 2 is 1.64 bits per heavy atom. The van der Waals surface area contributed by atoms with Crippen LogP contribution in [0.15, 0.2) is 72.8 Å². The van der Waals surface area contributed by atoms with E-state index < -0.39 is 0 Å². The molecule has 170 valence electrons. The Kier molecular flexibility index (Phi) is 6.30. The lowest BCUT2D eigenvalue weighted by Crippen LogP contribution is -2.53. The molecule has 7 nitrogen and oxygen atoms in total. The molecular formula is C25H26ClN5O2. The number of hydrogen-bond acceptors (Lipinski definition) is 6. The van der Waals surface area contributed by atoms with Crippen molar-refractivity contribution in [3.63, 3.8) is 0 Å². The van der Waals surface area contributed by atoms with Gasteiger partial charge in [0, 0.05) is 16.1 Å². The van der Waals surface area contributed by atoms with Crippen LogP contribution in [0.2, 0.25) is 5.02 Å². The summed E-state index contributed by atoms with van der Waals surface area (Å²) >= 11 is 6.54. The normalized spacial score (nSPS) is 20.8. The zero-order chi connectivity index (χ0) is 22.8. The minimum atomic E-state index is -0.130. The molecule has 0 unspecified atom stereocenters. The molecule has 2 atom stereocenters. The summed E-state index contributed by atoms with van der Waals surface area (Å²) in [5.41, 5.74) is 15.6. The predicted molar refractivity (Wildman–Crippen MR) is 128 cm³/mol. The van der Waals surface area contributed by atoms with Gasteiger partial charge in [-0.05, 0) is 48.2 Å². The largest absolute Gasteiger partial charge is 0.496 e. The first kappa shape index (κ1) is 21.9. The minimum Gasteiger partial charge on any atom is -0.496 e. The molecule has 0 bridgehead atoms. The van der Waals surface area contributed by atoms with Crippen molar-refractivity contribution in [2.45, 2.75) is 31.1 Å². The molecule has 2 aliphatic heterocycles. The van der Waals surface area contributed by atoms with E-state index in [4.69, 9.17) is 16.3 Å². The first-order valence-corrected chi connectivity index (χ1v) is 11.4. The van der Waals surface area contributed by atoms with E-state index in [0.717, 1.165) is 35.3 Å². The molecule has 0 saturated carbocycles. The maximum absolute atomic E-state index is 13.8. The Hall–Kier alpha value is -2.94. The summed E-state index contributed by atoms with van der Waals surface area (Å²) in [6, 6.07) is 23.2. The van der Waals surface area contributed by atoms with E-state index in [9.17, 15) is 4.79 Å². The molecule has 2 saturated heterocycles. The highest BCUT2D eigenvalue weighted by molar-refractivity contribution is 6.31. The third-order valence-corrected chi connectivity index (χ3v) is 6.72. The van der Waals surface area contributed by atoms with Crippen molar-refractivity contribution in [3.05, 3.63) is 88.9 Å². The van der Waals surface area contributed by atoms with Crippen LogP contribution >= 0.6 is 11.6 Å². The van der Waals surface area contributed by atoms with Crippen LogP contribution in [0.25, 0.3) is 11.1 Å². The number of nitrogens with zero attached hydrogens (tertiary/aromatic N) is 1. The van der Waals surface area contributed by atoms with E-state index in [-0.39, 0.29) is 24.2 Å². The number of amides is 1. The van der Waals surface area contributed by atoms with Crippen LogP contribution < -0.4 is 26.7 Å². The van der Waals surface area contributed by atoms with Crippen molar-refractivity contribution in [2.75, 3.05) is 7.11 Å². The minimum absolute atomic E-state index is 0.0236. The molecule has 5 rings (SSSR count). The second-order valence-corrected chi connectivity index (χ2v) is 8.60. The summed E-state index contributed by atoms with van der Waals surface area (Å²) in [6.07, 6.45) is 1.54. The van der Waals surface area contributed by atoms with Crippen LogP contribution in [-0.2, 0) is 0 Å². The number of rotatable bonds is 5. The van der Waals surface area contributed by atoms with Gasteiger partial charge in [0.05, 0.1) is 19.2 Å². The van der Waals surface area contributed by atoms with Crippen molar-refractivity contribution >= 4 is 17.5 Å². The van der Waals surface area contributed by atoms with Crippen LogP contribution in [-0.4, -0.2) is 30.1 Å². The summed E-state index contributed by atoms with van der Waals surface area (Å²) in [7, 11) is 1.66. The van der Waals surface area contributed by atoms with E-state index in [0.29, 0.717) is 10.6 Å². The quantitative estimate of drug-likeness (QED) is 0.461. The molecule has 0 aliphatic carbocycles. The SMILES string of the molecule is COc1ccccc1-c1ccc(C(=O)N2[C@@H](c3ccccc3Cl)CC[C@H]2C2NNNN2)cc1. The van der Waals surface area contributed by atoms with Crippen molar-refractivity contribution in [1.29, 1.82) is 0 Å². The molecule has 3 aromatic rings. The number of hydrogen-bond donors (Lipinski definition) is 4. The van der Waals surface area contributed by atoms with Gasteiger partial charge < -0.3 is 9.64 Å². The second-order valence-electron chi connectivity index (χ2n) is 8.19. The zero-order valence-corrected chi connectivity index (χ0v) is 19.0. The molecular weight excluding hydrogens is 438 g/mol. The third-order valence-electron chi connectivity index (χ3n) is 6.38. The Labute approximate surface area is 198 Å². The fourth-order valence-corrected chi connectivity index (χ4v) is 5.05. The first-order chi connectivity index (χ1) is 16.2. The van der Waals surface area contributed by atoms with Gasteiger partial charge in [0.25, 0.3) is 5.91 Å². The maximum Gasteiger partial charge on any atom is 0.254 e. The number of halogens is 1. The van der Waals surface area contributed by atoms with Gasteiger partial charge in [-0.15, -0.1) is 0 Å². The number of para-hydroxylation sites is 1. The van der Waals surface area contributed by atoms with E-state index in [1.807, 2.05) is 77.7 Å². The van der Waals surface area contributed by atoms with E-state index in [2.05, 4.69) is 21.9 Å². The van der Waals surface area contributed by atoms with Gasteiger partial charge in [-0.2, -0.15) is 11.1 Å². The van der Waals surface area contributed by atoms with Gasteiger partial charge in [-0.1, -0.05) is 60.1 Å². The number of ether oxygens (including phenoxy) is 1. The topological polar surface area (TPSA) is 77.7 Å². The fraction of sp³-hybridized carbons (Fsp3) is 0.240. The van der Waals surface area contributed by atoms with E-state index in [1.165, 1.54) is 0 Å². The van der Waals surface area contributed by atoms with Gasteiger partial charge in [0.15, 0.2) is 0 Å². The molecule has 0 spiro atoms. The summed E-state index contributed by atoms with van der Waals surface area (Å²) < 4.78 is 5.49. The molecule has 0 aromatic heterocycles. The number of hydrazine groups is 3. The summed E-state index contributed by atoms with van der Waals surface area (Å²) in [6.45, 7) is 0. The Balaban J connectivity index is 1.47. The Bertz CT molecular complexity index is 1130. The fourth-order valence-electron chi connectivity index (χ4n) is 4.79. The highest BCUT2D eigenvalue weighted by Gasteiger charge is 2.43. The molecule has 8 heteroatoms. The van der Waals surface area contributed by atoms with Gasteiger partial charge in [0.2, 0.25) is 0 Å². The van der Waals surface area contributed by atoms with Crippen LogP contribution in [0.4, 0.5) is 0 Å². The van der Waals surface area contributed by atoms with Crippen molar-refractivity contribution in [2.24, 2.45) is 0 Å². The van der Waals surface area contributed by atoms with Crippen LogP contribution in [0.5, 0.6) is 5.75 Å². The van der Waals surface area contributed by atoms with Crippen molar-refractivity contribution in [1.82, 2.24) is 26.8 Å². The Morgan fingerprint density at radius 1 is 0.939 bits per heavy atom. The molecule has 4 N–H and O–H groups in total. The van der Waals surface area contributed by atoms with Crippen LogP contribution in [0, 0.1) is 0 Å². The molecule has 2 aliphatic rings. The van der Waals surface area contributed by atoms with Crippen LogP contribution in [0.1, 0.15) is 34.8 Å². The van der Waals surface area contributed by atoms with Crippen LogP contribution in [0.3, 0.4) is 0 Å². The number of nitrogens with one attached hydrogen (secondary N) is 4. The molecule has 33 heavy (non-hydrogen) atoms. The predicted octanol–water partition coefficient (Wildman–Crippen LogP) is 3.80. The number of methoxy groups -OCH3 is 1. The Morgan fingerprint density at radius 3 is 2.36 bits per heavy atom. The number of likely N-dealkylation sites (tertiary alicyclic amines) is 1. The van der Waals surface area contributed by atoms with Gasteiger partial charge in [0.1, 0.15) is 11.9 Å². The van der Waals surface area contributed by atoms with Gasteiger partial charge in [-0.3, -0.25) is 4.79 Å². The molecule has 0 radical (unpaired) electrons. The number of carbonyl (C=O) groups is 1. The average Bonchev–Trinajstić information content (AvgIpc) is 3.54. The summed E-state index contributed by atoms with van der Waals surface area (Å²) in [4.78, 5) is 15.8. The smallest absolute Gasteiger partial charge is 0.254 e. The lowest BCUT2D eigenvalue weighted by Gasteiger charge is -2.33. The first-order valence-electron chi connectivity index (χ1n) is 11.0. The number of benzene rings is 3. The maximum atomic E-state index is 13.8. The number of carbonyl (C=O) groups excluding carboxylic acids is 1.